The number of aromatic nitrogens is 3. The van der Waals surface area contributed by atoms with E-state index in [-0.39, 0.29) is 0 Å². The molecule has 0 bridgehead atoms. The molecule has 3 heterocycles. The SMILES string of the molecule is CCN1CCCC1CN(C)c1nc(NN)cn2ccnc12. The van der Waals surface area contributed by atoms with Crippen molar-refractivity contribution in [2.75, 3.05) is 37.0 Å². The van der Waals surface area contributed by atoms with Crippen LogP contribution in [0.4, 0.5) is 11.6 Å². The Morgan fingerprint density at radius 2 is 2.38 bits per heavy atom. The fraction of sp³-hybridized carbons (Fsp3) is 0.571. The predicted octanol–water partition coefficient (Wildman–Crippen LogP) is 0.935. The fourth-order valence-corrected chi connectivity index (χ4v) is 3.16. The van der Waals surface area contributed by atoms with Gasteiger partial charge in [0.1, 0.15) is 0 Å². The van der Waals surface area contributed by atoms with Crippen LogP contribution in [0.25, 0.3) is 5.65 Å². The van der Waals surface area contributed by atoms with E-state index in [0.717, 1.165) is 24.6 Å². The summed E-state index contributed by atoms with van der Waals surface area (Å²) in [4.78, 5) is 13.7. The maximum Gasteiger partial charge on any atom is 0.180 e. The molecule has 0 aliphatic carbocycles. The number of likely N-dealkylation sites (N-methyl/N-ethyl adjacent to an activating group) is 2. The highest BCUT2D eigenvalue weighted by Gasteiger charge is 2.25. The average molecular weight is 289 g/mol. The van der Waals surface area contributed by atoms with Crippen molar-refractivity contribution >= 4 is 17.3 Å². The molecule has 2 aromatic rings. The zero-order valence-electron chi connectivity index (χ0n) is 12.7. The lowest BCUT2D eigenvalue weighted by molar-refractivity contribution is 0.270. The Balaban J connectivity index is 1.86. The molecule has 114 valence electrons. The molecular formula is C14H23N7. The third-order valence-corrected chi connectivity index (χ3v) is 4.26. The Labute approximate surface area is 124 Å². The van der Waals surface area contributed by atoms with Crippen LogP contribution in [0.15, 0.2) is 18.6 Å². The number of nitrogens with one attached hydrogen (secondary N) is 1. The van der Waals surface area contributed by atoms with Crippen LogP contribution in [0.2, 0.25) is 0 Å². The number of rotatable bonds is 5. The van der Waals surface area contributed by atoms with Crippen molar-refractivity contribution in [1.29, 1.82) is 0 Å². The minimum absolute atomic E-state index is 0.589. The third kappa shape index (κ3) is 2.66. The predicted molar refractivity (Wildman–Crippen MR) is 84.3 cm³/mol. The van der Waals surface area contributed by atoms with E-state index in [1.54, 1.807) is 6.20 Å². The molecule has 3 rings (SSSR count). The van der Waals surface area contributed by atoms with E-state index in [1.807, 2.05) is 16.8 Å². The molecule has 0 spiro atoms. The van der Waals surface area contributed by atoms with Crippen molar-refractivity contribution in [2.24, 2.45) is 5.84 Å². The van der Waals surface area contributed by atoms with Crippen LogP contribution in [-0.4, -0.2) is 52.0 Å². The van der Waals surface area contributed by atoms with Gasteiger partial charge in [0.25, 0.3) is 0 Å². The van der Waals surface area contributed by atoms with Gasteiger partial charge in [-0.3, -0.25) is 4.90 Å². The fourth-order valence-electron chi connectivity index (χ4n) is 3.16. The summed E-state index contributed by atoms with van der Waals surface area (Å²) < 4.78 is 1.94. The van der Waals surface area contributed by atoms with E-state index in [0.29, 0.717) is 11.9 Å². The van der Waals surface area contributed by atoms with Gasteiger partial charge in [-0.05, 0) is 25.9 Å². The molecule has 0 saturated carbocycles. The van der Waals surface area contributed by atoms with Gasteiger partial charge >= 0.3 is 0 Å². The number of hydrazine groups is 1. The molecule has 1 atom stereocenters. The second kappa shape index (κ2) is 5.87. The molecule has 2 aromatic heterocycles. The average Bonchev–Trinajstić information content (AvgIpc) is 3.14. The Morgan fingerprint density at radius 3 is 3.14 bits per heavy atom. The molecule has 1 fully saturated rings. The first-order valence-corrected chi connectivity index (χ1v) is 7.48. The van der Waals surface area contributed by atoms with Crippen LogP contribution in [-0.2, 0) is 0 Å². The number of hydrogen-bond donors (Lipinski definition) is 2. The van der Waals surface area contributed by atoms with E-state index in [1.165, 1.54) is 19.4 Å². The van der Waals surface area contributed by atoms with Crippen LogP contribution >= 0.6 is 0 Å². The van der Waals surface area contributed by atoms with Gasteiger partial charge in [0.15, 0.2) is 17.3 Å². The van der Waals surface area contributed by atoms with Gasteiger partial charge < -0.3 is 14.7 Å². The summed E-state index contributed by atoms with van der Waals surface area (Å²) in [6, 6.07) is 0.589. The highest BCUT2D eigenvalue weighted by atomic mass is 15.3. The summed E-state index contributed by atoms with van der Waals surface area (Å²) in [5.41, 5.74) is 3.48. The number of hydrogen-bond acceptors (Lipinski definition) is 6. The van der Waals surface area contributed by atoms with Gasteiger partial charge in [-0.1, -0.05) is 6.92 Å². The molecule has 7 heteroatoms. The lowest BCUT2D eigenvalue weighted by atomic mass is 10.2. The van der Waals surface area contributed by atoms with Crippen LogP contribution < -0.4 is 16.2 Å². The van der Waals surface area contributed by atoms with Crippen LogP contribution in [0, 0.1) is 0 Å². The maximum absolute atomic E-state index is 5.51. The number of imidazole rings is 1. The molecule has 1 aliphatic heterocycles. The van der Waals surface area contributed by atoms with Crippen molar-refractivity contribution in [1.82, 2.24) is 19.3 Å². The van der Waals surface area contributed by atoms with Crippen molar-refractivity contribution in [2.45, 2.75) is 25.8 Å². The van der Waals surface area contributed by atoms with E-state index >= 15 is 0 Å². The monoisotopic (exact) mass is 289 g/mol. The molecule has 1 aliphatic rings. The standard InChI is InChI=1S/C14H23N7/c1-3-20-7-4-5-11(20)9-19(2)14-13-16-6-8-21(13)10-12(17-14)18-15/h6,8,10-11,18H,3-5,7,9,15H2,1-2H3. The van der Waals surface area contributed by atoms with Crippen molar-refractivity contribution in [3.8, 4) is 0 Å². The minimum Gasteiger partial charge on any atom is -0.355 e. The van der Waals surface area contributed by atoms with Gasteiger partial charge in [0.05, 0.1) is 6.20 Å². The lowest BCUT2D eigenvalue weighted by Crippen LogP contribution is -2.39. The van der Waals surface area contributed by atoms with Crippen LogP contribution in [0.5, 0.6) is 0 Å². The van der Waals surface area contributed by atoms with Gasteiger partial charge in [0.2, 0.25) is 0 Å². The van der Waals surface area contributed by atoms with E-state index in [2.05, 4.69) is 39.2 Å². The number of nitrogens with two attached hydrogens (primary N) is 1. The number of likely N-dealkylation sites (tertiary alicyclic amines) is 1. The van der Waals surface area contributed by atoms with E-state index < -0.39 is 0 Å². The summed E-state index contributed by atoms with van der Waals surface area (Å²) in [6.07, 6.45) is 8.06. The van der Waals surface area contributed by atoms with Crippen molar-refractivity contribution in [3.63, 3.8) is 0 Å². The van der Waals surface area contributed by atoms with Crippen LogP contribution in [0.1, 0.15) is 19.8 Å². The molecule has 1 unspecified atom stereocenters. The lowest BCUT2D eigenvalue weighted by Gasteiger charge is -2.28. The van der Waals surface area contributed by atoms with Gasteiger partial charge in [0, 0.05) is 32.0 Å². The zero-order valence-corrected chi connectivity index (χ0v) is 12.7. The molecule has 1 saturated heterocycles. The highest BCUT2D eigenvalue weighted by molar-refractivity contribution is 5.66. The number of nitrogens with zero attached hydrogens (tertiary/aromatic N) is 5. The number of nitrogen functional groups attached to an aromatic ring is 1. The van der Waals surface area contributed by atoms with Gasteiger partial charge in [-0.2, -0.15) is 0 Å². The van der Waals surface area contributed by atoms with Gasteiger partial charge in [-0.15, -0.1) is 0 Å². The zero-order chi connectivity index (χ0) is 14.8. The number of anilines is 2. The maximum atomic E-state index is 5.51. The smallest absolute Gasteiger partial charge is 0.180 e. The molecule has 0 aromatic carbocycles. The summed E-state index contributed by atoms with van der Waals surface area (Å²) in [5.74, 6) is 7.01. The first kappa shape index (κ1) is 14.1. The second-order valence-electron chi connectivity index (χ2n) is 5.56. The summed E-state index contributed by atoms with van der Waals surface area (Å²) >= 11 is 0. The normalized spacial score (nSPS) is 19.3. The molecule has 3 N–H and O–H groups in total. The molecule has 7 nitrogen and oxygen atoms in total. The molecule has 0 radical (unpaired) electrons. The van der Waals surface area contributed by atoms with Crippen molar-refractivity contribution < 1.29 is 0 Å². The Bertz CT molecular complexity index is 608. The Morgan fingerprint density at radius 1 is 1.52 bits per heavy atom. The first-order chi connectivity index (χ1) is 10.2. The number of fused-ring (bicyclic) bond motifs is 1. The molecular weight excluding hydrogens is 266 g/mol. The third-order valence-electron chi connectivity index (χ3n) is 4.26. The summed E-state index contributed by atoms with van der Waals surface area (Å²) in [6.45, 7) is 5.49. The summed E-state index contributed by atoms with van der Waals surface area (Å²) in [5, 5.41) is 0. The van der Waals surface area contributed by atoms with Crippen molar-refractivity contribution in [3.05, 3.63) is 18.6 Å². The quantitative estimate of drug-likeness (QED) is 0.630. The summed E-state index contributed by atoms with van der Waals surface area (Å²) in [7, 11) is 2.07. The minimum atomic E-state index is 0.589. The molecule has 0 amide bonds. The van der Waals surface area contributed by atoms with E-state index in [4.69, 9.17) is 5.84 Å². The Kier molecular flexibility index (Phi) is 3.94. The highest BCUT2D eigenvalue weighted by Crippen LogP contribution is 2.23. The van der Waals surface area contributed by atoms with Gasteiger partial charge in [-0.25, -0.2) is 15.8 Å². The second-order valence-corrected chi connectivity index (χ2v) is 5.56. The topological polar surface area (TPSA) is 74.7 Å². The van der Waals surface area contributed by atoms with E-state index in [9.17, 15) is 0 Å². The first-order valence-electron chi connectivity index (χ1n) is 7.48. The molecule has 21 heavy (non-hydrogen) atoms. The largest absolute Gasteiger partial charge is 0.355 e. The Hall–Kier alpha value is -1.86. The van der Waals surface area contributed by atoms with Crippen LogP contribution in [0.3, 0.4) is 0 Å².